The number of nitrogens with one attached hydrogen (secondary N) is 1. The molecule has 0 aromatic carbocycles. The van der Waals surface area contributed by atoms with Gasteiger partial charge in [-0.1, -0.05) is 0 Å². The second-order valence-electron chi connectivity index (χ2n) is 2.90. The zero-order chi connectivity index (χ0) is 5.40. The maximum atomic E-state index is 3.39. The Hall–Kier alpha value is -0.0400. The smallest absolute Gasteiger partial charge is 0.00145 e. The average molecular weight is 110 g/mol. The van der Waals surface area contributed by atoms with Crippen LogP contribution in [0.15, 0.2) is 0 Å². The lowest BCUT2D eigenvalue weighted by atomic mass is 10.0. The molecule has 2 rings (SSSR count). The summed E-state index contributed by atoms with van der Waals surface area (Å²) in [6, 6.07) is 0. The van der Waals surface area contributed by atoms with Crippen molar-refractivity contribution >= 4 is 0 Å². The van der Waals surface area contributed by atoms with Crippen LogP contribution in [0.4, 0.5) is 0 Å². The highest BCUT2D eigenvalue weighted by Gasteiger charge is 2.30. The first-order valence-electron chi connectivity index (χ1n) is 3.51. The zero-order valence-corrected chi connectivity index (χ0v) is 5.06. The second-order valence-corrected chi connectivity index (χ2v) is 2.90. The van der Waals surface area contributed by atoms with Gasteiger partial charge in [0, 0.05) is 0 Å². The van der Waals surface area contributed by atoms with Crippen LogP contribution in [0.1, 0.15) is 12.8 Å². The first kappa shape index (κ1) is 4.80. The standard InChI is InChI=1S/C7H12N/c1-2-6-4-8-5-7(6)3-1/h2,6-8H,1,3-5H2. The summed E-state index contributed by atoms with van der Waals surface area (Å²) in [6.45, 7) is 2.53. The van der Waals surface area contributed by atoms with Crippen molar-refractivity contribution in [3.8, 4) is 0 Å². The van der Waals surface area contributed by atoms with Crippen molar-refractivity contribution in [1.29, 1.82) is 0 Å². The summed E-state index contributed by atoms with van der Waals surface area (Å²) in [4.78, 5) is 0. The highest BCUT2D eigenvalue weighted by atomic mass is 14.9. The van der Waals surface area contributed by atoms with E-state index in [4.69, 9.17) is 0 Å². The third-order valence-corrected chi connectivity index (χ3v) is 2.40. The minimum absolute atomic E-state index is 0.940. The first-order chi connectivity index (χ1) is 3.97. The molecule has 2 atom stereocenters. The Bertz CT molecular complexity index is 70.4. The molecular weight excluding hydrogens is 98.1 g/mol. The molecule has 1 nitrogen and oxygen atoms in total. The Morgan fingerprint density at radius 2 is 2.38 bits per heavy atom. The van der Waals surface area contributed by atoms with Gasteiger partial charge in [0.05, 0.1) is 0 Å². The molecular formula is C7H12N. The first-order valence-corrected chi connectivity index (χ1v) is 3.51. The van der Waals surface area contributed by atoms with E-state index in [0.717, 1.165) is 11.8 Å². The normalized spacial score (nSPS) is 45.0. The van der Waals surface area contributed by atoms with Gasteiger partial charge in [-0.3, -0.25) is 0 Å². The quantitative estimate of drug-likeness (QED) is 0.487. The summed E-state index contributed by atoms with van der Waals surface area (Å²) in [7, 11) is 0. The molecule has 1 N–H and O–H groups in total. The minimum Gasteiger partial charge on any atom is -0.316 e. The van der Waals surface area contributed by atoms with Gasteiger partial charge in [-0.25, -0.2) is 0 Å². The number of hydrogen-bond acceptors (Lipinski definition) is 1. The van der Waals surface area contributed by atoms with Gasteiger partial charge in [-0.2, -0.15) is 0 Å². The maximum absolute atomic E-state index is 3.39. The molecule has 1 heteroatoms. The van der Waals surface area contributed by atoms with Gasteiger partial charge in [0.1, 0.15) is 0 Å². The molecule has 0 spiro atoms. The summed E-state index contributed by atoms with van der Waals surface area (Å²) in [5.41, 5.74) is 0. The molecule has 1 aliphatic carbocycles. The second kappa shape index (κ2) is 1.73. The Balaban J connectivity index is 2.04. The van der Waals surface area contributed by atoms with Gasteiger partial charge >= 0.3 is 0 Å². The van der Waals surface area contributed by atoms with Crippen molar-refractivity contribution in [1.82, 2.24) is 5.32 Å². The van der Waals surface area contributed by atoms with E-state index in [1.54, 1.807) is 0 Å². The lowest BCUT2D eigenvalue weighted by Gasteiger charge is -2.02. The molecule has 1 heterocycles. The van der Waals surface area contributed by atoms with Crippen LogP contribution in [0.3, 0.4) is 0 Å². The molecule has 8 heavy (non-hydrogen) atoms. The van der Waals surface area contributed by atoms with Gasteiger partial charge in [0.25, 0.3) is 0 Å². The molecule has 2 fully saturated rings. The van der Waals surface area contributed by atoms with Crippen LogP contribution in [-0.4, -0.2) is 13.1 Å². The van der Waals surface area contributed by atoms with Crippen molar-refractivity contribution in [2.24, 2.45) is 11.8 Å². The summed E-state index contributed by atoms with van der Waals surface area (Å²) >= 11 is 0. The van der Waals surface area contributed by atoms with Crippen LogP contribution in [0, 0.1) is 18.3 Å². The van der Waals surface area contributed by atoms with E-state index < -0.39 is 0 Å². The van der Waals surface area contributed by atoms with E-state index in [9.17, 15) is 0 Å². The molecule has 0 amide bonds. The van der Waals surface area contributed by atoms with E-state index in [1.165, 1.54) is 25.9 Å². The fourth-order valence-electron chi connectivity index (χ4n) is 1.87. The SMILES string of the molecule is [CH]1CCC2CNCC12. The summed E-state index contributed by atoms with van der Waals surface area (Å²) in [6.07, 6.45) is 5.29. The predicted molar refractivity (Wildman–Crippen MR) is 33.4 cm³/mol. The largest absolute Gasteiger partial charge is 0.316 e. The van der Waals surface area contributed by atoms with Gasteiger partial charge in [0.2, 0.25) is 0 Å². The lowest BCUT2D eigenvalue weighted by Crippen LogP contribution is -2.09. The van der Waals surface area contributed by atoms with Crippen molar-refractivity contribution in [3.63, 3.8) is 0 Å². The monoisotopic (exact) mass is 110 g/mol. The maximum Gasteiger partial charge on any atom is -0.00145 e. The van der Waals surface area contributed by atoms with Crippen molar-refractivity contribution < 1.29 is 0 Å². The Kier molecular flexibility index (Phi) is 1.04. The molecule has 2 unspecified atom stereocenters. The average Bonchev–Trinajstić information content (AvgIpc) is 2.15. The van der Waals surface area contributed by atoms with Gasteiger partial charge in [0.15, 0.2) is 0 Å². The highest BCUT2D eigenvalue weighted by Crippen LogP contribution is 2.32. The van der Waals surface area contributed by atoms with Crippen LogP contribution in [0.2, 0.25) is 0 Å². The molecule has 45 valence electrons. The Morgan fingerprint density at radius 3 is 3.25 bits per heavy atom. The lowest BCUT2D eigenvalue weighted by molar-refractivity contribution is 0.526. The molecule has 1 radical (unpaired) electrons. The van der Waals surface area contributed by atoms with Crippen LogP contribution in [0.25, 0.3) is 0 Å². The molecule has 1 saturated heterocycles. The van der Waals surface area contributed by atoms with E-state index >= 15 is 0 Å². The minimum atomic E-state index is 0.940. The fraction of sp³-hybridized carbons (Fsp3) is 0.857. The van der Waals surface area contributed by atoms with E-state index in [1.807, 2.05) is 0 Å². The van der Waals surface area contributed by atoms with E-state index in [2.05, 4.69) is 11.7 Å². The molecule has 0 bridgehead atoms. The Morgan fingerprint density at radius 1 is 1.38 bits per heavy atom. The van der Waals surface area contributed by atoms with E-state index in [0.29, 0.717) is 0 Å². The van der Waals surface area contributed by atoms with Gasteiger partial charge in [-0.15, -0.1) is 0 Å². The highest BCUT2D eigenvalue weighted by molar-refractivity contribution is 4.96. The number of fused-ring (bicyclic) bond motifs is 1. The van der Waals surface area contributed by atoms with Crippen molar-refractivity contribution in [3.05, 3.63) is 6.42 Å². The molecule has 0 aromatic heterocycles. The molecule has 2 aliphatic rings. The number of hydrogen-bond donors (Lipinski definition) is 1. The topological polar surface area (TPSA) is 12.0 Å². The summed E-state index contributed by atoms with van der Waals surface area (Å²) in [5.74, 6) is 1.95. The van der Waals surface area contributed by atoms with Crippen molar-refractivity contribution in [2.45, 2.75) is 12.8 Å². The Labute approximate surface area is 50.5 Å². The third kappa shape index (κ3) is 0.576. The predicted octanol–water partition coefficient (Wildman–Crippen LogP) is 0.820. The fourth-order valence-corrected chi connectivity index (χ4v) is 1.87. The molecule has 1 saturated carbocycles. The molecule has 1 aliphatic heterocycles. The molecule has 0 aromatic rings. The van der Waals surface area contributed by atoms with Crippen LogP contribution in [0.5, 0.6) is 0 Å². The third-order valence-electron chi connectivity index (χ3n) is 2.40. The van der Waals surface area contributed by atoms with Gasteiger partial charge in [-0.05, 0) is 44.2 Å². The summed E-state index contributed by atoms with van der Waals surface area (Å²) < 4.78 is 0. The summed E-state index contributed by atoms with van der Waals surface area (Å²) in [5, 5.41) is 3.39. The van der Waals surface area contributed by atoms with Crippen LogP contribution in [-0.2, 0) is 0 Å². The van der Waals surface area contributed by atoms with Crippen LogP contribution >= 0.6 is 0 Å². The van der Waals surface area contributed by atoms with Gasteiger partial charge < -0.3 is 5.32 Å². The number of rotatable bonds is 0. The van der Waals surface area contributed by atoms with Crippen molar-refractivity contribution in [2.75, 3.05) is 13.1 Å². The van der Waals surface area contributed by atoms with E-state index in [-0.39, 0.29) is 0 Å². The zero-order valence-electron chi connectivity index (χ0n) is 5.06. The van der Waals surface area contributed by atoms with Crippen LogP contribution < -0.4 is 5.32 Å².